The van der Waals surface area contributed by atoms with Gasteiger partial charge in [-0.05, 0) is 12.5 Å². The van der Waals surface area contributed by atoms with E-state index < -0.39 is 10.0 Å². The van der Waals surface area contributed by atoms with Crippen molar-refractivity contribution < 1.29 is 8.42 Å². The predicted octanol–water partition coefficient (Wildman–Crippen LogP) is 0.199. The molecular formula is C9H13N3O2S. The summed E-state index contributed by atoms with van der Waals surface area (Å²) in [4.78, 5) is 3.93. The van der Waals surface area contributed by atoms with Gasteiger partial charge in [0.05, 0.1) is 5.75 Å². The van der Waals surface area contributed by atoms with E-state index in [1.54, 1.807) is 18.3 Å². The van der Waals surface area contributed by atoms with Crippen molar-refractivity contribution in [1.82, 2.24) is 9.29 Å². The van der Waals surface area contributed by atoms with E-state index in [1.165, 1.54) is 4.31 Å². The quantitative estimate of drug-likeness (QED) is 0.783. The zero-order chi connectivity index (χ0) is 10.9. The first kappa shape index (κ1) is 10.4. The monoisotopic (exact) mass is 227 g/mol. The fourth-order valence-corrected chi connectivity index (χ4v) is 3.14. The fourth-order valence-electron chi connectivity index (χ4n) is 1.64. The normalized spacial score (nSPS) is 20.5. The van der Waals surface area contributed by atoms with E-state index in [0.717, 1.165) is 5.56 Å². The molecule has 1 saturated heterocycles. The molecule has 1 aliphatic rings. The molecule has 5 nitrogen and oxygen atoms in total. The van der Waals surface area contributed by atoms with Gasteiger partial charge in [0.2, 0.25) is 10.0 Å². The number of pyridine rings is 1. The summed E-state index contributed by atoms with van der Waals surface area (Å²) in [5, 5.41) is 0. The summed E-state index contributed by atoms with van der Waals surface area (Å²) in [5.41, 5.74) is 6.42. The Morgan fingerprint density at radius 1 is 1.53 bits per heavy atom. The van der Waals surface area contributed by atoms with Crippen molar-refractivity contribution in [3.63, 3.8) is 0 Å². The number of nitrogens with two attached hydrogens (primary N) is 1. The number of aromatic nitrogens is 1. The minimum absolute atomic E-state index is 0.243. The van der Waals surface area contributed by atoms with Gasteiger partial charge in [0.15, 0.2) is 0 Å². The summed E-state index contributed by atoms with van der Waals surface area (Å²) in [6, 6.07) is 3.56. The van der Waals surface area contributed by atoms with Crippen LogP contribution >= 0.6 is 0 Å². The smallest absolute Gasteiger partial charge is 0.214 e. The van der Waals surface area contributed by atoms with Gasteiger partial charge in [-0.3, -0.25) is 0 Å². The molecule has 0 unspecified atom stereocenters. The molecule has 1 aromatic rings. The van der Waals surface area contributed by atoms with Crippen molar-refractivity contribution in [2.45, 2.75) is 13.0 Å². The SMILES string of the molecule is Nc1ncccc1CN1CCCS1(=O)=O. The van der Waals surface area contributed by atoms with E-state index in [2.05, 4.69) is 4.98 Å². The highest BCUT2D eigenvalue weighted by molar-refractivity contribution is 7.89. The largest absolute Gasteiger partial charge is 0.383 e. The third kappa shape index (κ3) is 2.10. The molecule has 1 fully saturated rings. The van der Waals surface area contributed by atoms with Crippen molar-refractivity contribution >= 4 is 15.8 Å². The zero-order valence-electron chi connectivity index (χ0n) is 8.26. The zero-order valence-corrected chi connectivity index (χ0v) is 9.07. The maximum Gasteiger partial charge on any atom is 0.214 e. The Balaban J connectivity index is 2.20. The molecule has 1 aliphatic heterocycles. The van der Waals surface area contributed by atoms with Gasteiger partial charge in [-0.15, -0.1) is 0 Å². The Hall–Kier alpha value is -1.14. The Bertz CT molecular complexity index is 458. The first-order valence-electron chi connectivity index (χ1n) is 4.77. The third-order valence-electron chi connectivity index (χ3n) is 2.48. The van der Waals surface area contributed by atoms with Crippen LogP contribution in [0.1, 0.15) is 12.0 Å². The Morgan fingerprint density at radius 3 is 2.93 bits per heavy atom. The van der Waals surface area contributed by atoms with Gasteiger partial charge in [0.1, 0.15) is 5.82 Å². The molecule has 0 aliphatic carbocycles. The summed E-state index contributed by atoms with van der Waals surface area (Å²) in [7, 11) is -3.05. The summed E-state index contributed by atoms with van der Waals surface area (Å²) in [6.45, 7) is 0.915. The average molecular weight is 227 g/mol. The van der Waals surface area contributed by atoms with Gasteiger partial charge in [-0.2, -0.15) is 4.31 Å². The van der Waals surface area contributed by atoms with Crippen LogP contribution in [-0.4, -0.2) is 30.0 Å². The lowest BCUT2D eigenvalue weighted by Crippen LogP contribution is -2.25. The van der Waals surface area contributed by atoms with E-state index in [9.17, 15) is 8.42 Å². The molecule has 0 amide bonds. The molecular weight excluding hydrogens is 214 g/mol. The number of hydrogen-bond acceptors (Lipinski definition) is 4. The second kappa shape index (κ2) is 3.79. The summed E-state index contributed by atoms with van der Waals surface area (Å²) in [5.74, 6) is 0.646. The van der Waals surface area contributed by atoms with E-state index in [1.807, 2.05) is 0 Å². The molecule has 6 heteroatoms. The summed E-state index contributed by atoms with van der Waals surface area (Å²) >= 11 is 0. The van der Waals surface area contributed by atoms with Gasteiger partial charge in [0, 0.05) is 24.8 Å². The van der Waals surface area contributed by atoms with Crippen LogP contribution in [0.5, 0.6) is 0 Å². The molecule has 0 radical (unpaired) electrons. The van der Waals surface area contributed by atoms with E-state index >= 15 is 0 Å². The van der Waals surface area contributed by atoms with Crippen LogP contribution in [0.25, 0.3) is 0 Å². The van der Waals surface area contributed by atoms with Crippen LogP contribution in [0, 0.1) is 0 Å². The molecule has 1 aromatic heterocycles. The third-order valence-corrected chi connectivity index (χ3v) is 4.38. The number of nitrogen functional groups attached to an aromatic ring is 1. The second-order valence-electron chi connectivity index (χ2n) is 3.55. The molecule has 0 spiro atoms. The van der Waals surface area contributed by atoms with Crippen LogP contribution in [-0.2, 0) is 16.6 Å². The molecule has 0 atom stereocenters. The van der Waals surface area contributed by atoms with E-state index in [4.69, 9.17) is 5.73 Å². The predicted molar refractivity (Wildman–Crippen MR) is 57.5 cm³/mol. The molecule has 2 N–H and O–H groups in total. The summed E-state index contributed by atoms with van der Waals surface area (Å²) < 4.78 is 24.5. The maximum atomic E-state index is 11.5. The lowest BCUT2D eigenvalue weighted by molar-refractivity contribution is 0.440. The lowest BCUT2D eigenvalue weighted by Gasteiger charge is -2.14. The minimum atomic E-state index is -3.05. The van der Waals surface area contributed by atoms with Gasteiger partial charge in [0.25, 0.3) is 0 Å². The van der Waals surface area contributed by atoms with Crippen LogP contribution in [0.2, 0.25) is 0 Å². The van der Waals surface area contributed by atoms with Gasteiger partial charge >= 0.3 is 0 Å². The van der Waals surface area contributed by atoms with E-state index in [0.29, 0.717) is 25.3 Å². The van der Waals surface area contributed by atoms with Gasteiger partial charge < -0.3 is 5.73 Å². The highest BCUT2D eigenvalue weighted by Crippen LogP contribution is 2.19. The van der Waals surface area contributed by atoms with E-state index in [-0.39, 0.29) is 5.75 Å². The average Bonchev–Trinajstić information content (AvgIpc) is 2.50. The highest BCUT2D eigenvalue weighted by atomic mass is 32.2. The van der Waals surface area contributed by atoms with Crippen LogP contribution < -0.4 is 5.73 Å². The molecule has 15 heavy (non-hydrogen) atoms. The number of nitrogens with zero attached hydrogens (tertiary/aromatic N) is 2. The molecule has 0 saturated carbocycles. The van der Waals surface area contributed by atoms with Gasteiger partial charge in [-0.25, -0.2) is 13.4 Å². The van der Waals surface area contributed by atoms with Crippen LogP contribution in [0.4, 0.5) is 5.82 Å². The number of hydrogen-bond donors (Lipinski definition) is 1. The number of rotatable bonds is 2. The standard InChI is InChI=1S/C9H13N3O2S/c10-9-8(3-1-4-11-9)7-12-5-2-6-15(12,13)14/h1,3-4H,2,5-7H2,(H2,10,11). The molecule has 82 valence electrons. The molecule has 0 bridgehead atoms. The van der Waals surface area contributed by atoms with Crippen LogP contribution in [0.15, 0.2) is 18.3 Å². The molecule has 2 heterocycles. The summed E-state index contributed by atoms with van der Waals surface area (Å²) in [6.07, 6.45) is 2.29. The van der Waals surface area contributed by atoms with Crippen molar-refractivity contribution in [2.24, 2.45) is 0 Å². The topological polar surface area (TPSA) is 76.3 Å². The van der Waals surface area contributed by atoms with Gasteiger partial charge in [-0.1, -0.05) is 6.07 Å². The molecule has 0 aromatic carbocycles. The maximum absolute atomic E-state index is 11.5. The number of sulfonamides is 1. The fraction of sp³-hybridized carbons (Fsp3) is 0.444. The Kier molecular flexibility index (Phi) is 2.62. The Morgan fingerprint density at radius 2 is 2.33 bits per heavy atom. The van der Waals surface area contributed by atoms with Crippen LogP contribution in [0.3, 0.4) is 0 Å². The number of anilines is 1. The Labute approximate surface area is 89.0 Å². The van der Waals surface area contributed by atoms with Crippen molar-refractivity contribution in [3.8, 4) is 0 Å². The van der Waals surface area contributed by atoms with Crippen molar-refractivity contribution in [2.75, 3.05) is 18.0 Å². The van der Waals surface area contributed by atoms with Crippen molar-refractivity contribution in [1.29, 1.82) is 0 Å². The first-order chi connectivity index (χ1) is 7.09. The van der Waals surface area contributed by atoms with Crippen molar-refractivity contribution in [3.05, 3.63) is 23.9 Å². The highest BCUT2D eigenvalue weighted by Gasteiger charge is 2.28. The lowest BCUT2D eigenvalue weighted by atomic mass is 10.2. The first-order valence-corrected chi connectivity index (χ1v) is 6.38. The molecule has 2 rings (SSSR count). The minimum Gasteiger partial charge on any atom is -0.383 e. The second-order valence-corrected chi connectivity index (χ2v) is 5.64.